The van der Waals surface area contributed by atoms with Crippen molar-refractivity contribution in [1.29, 1.82) is 0 Å². The van der Waals surface area contributed by atoms with Gasteiger partial charge in [-0.25, -0.2) is 14.8 Å². The van der Waals surface area contributed by atoms with E-state index in [9.17, 15) is 9.59 Å². The van der Waals surface area contributed by atoms with E-state index in [0.717, 1.165) is 12.0 Å². The number of hydrogen-bond acceptors (Lipinski definition) is 6. The summed E-state index contributed by atoms with van der Waals surface area (Å²) < 4.78 is 5.00. The molecule has 166 valence electrons. The number of carbonyl (C=O) groups is 2. The number of anilines is 1. The van der Waals surface area contributed by atoms with Crippen LogP contribution in [0.5, 0.6) is 0 Å². The summed E-state index contributed by atoms with van der Waals surface area (Å²) in [5.74, 6) is 0.270. The van der Waals surface area contributed by atoms with Gasteiger partial charge < -0.3 is 25.2 Å². The van der Waals surface area contributed by atoms with Gasteiger partial charge in [-0.1, -0.05) is 30.3 Å². The first kappa shape index (κ1) is 22.5. The molecule has 1 aromatic carbocycles. The van der Waals surface area contributed by atoms with Crippen LogP contribution in [-0.4, -0.2) is 74.3 Å². The normalized spacial score (nSPS) is 15.6. The van der Waals surface area contributed by atoms with Crippen molar-refractivity contribution in [2.75, 3.05) is 52.3 Å². The van der Waals surface area contributed by atoms with Gasteiger partial charge in [0.2, 0.25) is 5.95 Å². The van der Waals surface area contributed by atoms with Crippen molar-refractivity contribution in [2.45, 2.75) is 18.9 Å². The average molecular weight is 427 g/mol. The Morgan fingerprint density at radius 1 is 1.23 bits per heavy atom. The van der Waals surface area contributed by atoms with E-state index in [1.807, 2.05) is 44.4 Å². The Hall–Kier alpha value is -3.20. The number of carbonyl (C=O) groups excluding carboxylic acids is 2. The minimum absolute atomic E-state index is 0.0349. The third-order valence-corrected chi connectivity index (χ3v) is 5.19. The van der Waals surface area contributed by atoms with E-state index < -0.39 is 0 Å². The van der Waals surface area contributed by atoms with Crippen LogP contribution in [0.2, 0.25) is 0 Å². The van der Waals surface area contributed by atoms with Crippen LogP contribution >= 0.6 is 0 Å². The summed E-state index contributed by atoms with van der Waals surface area (Å²) in [6, 6.07) is 9.69. The number of aromatic nitrogens is 2. The molecule has 0 spiro atoms. The van der Waals surface area contributed by atoms with E-state index in [4.69, 9.17) is 4.74 Å². The maximum absolute atomic E-state index is 12.7. The SMILES string of the molecule is COCCNC(=O)c1cnc(N(C)C)nc1C1CCN(C(=O)NCc2ccccc2)C1. The van der Waals surface area contributed by atoms with E-state index in [1.54, 1.807) is 23.1 Å². The van der Waals surface area contributed by atoms with Gasteiger partial charge in [0.25, 0.3) is 5.91 Å². The van der Waals surface area contributed by atoms with Crippen LogP contribution < -0.4 is 15.5 Å². The monoisotopic (exact) mass is 426 g/mol. The maximum Gasteiger partial charge on any atom is 0.317 e. The molecular weight excluding hydrogens is 396 g/mol. The molecule has 3 rings (SSSR count). The standard InChI is InChI=1S/C22H30N6O3/c1-27(2)21-24-14-18(20(29)23-10-12-31-3)19(26-21)17-9-11-28(15-17)22(30)25-13-16-7-5-4-6-8-16/h4-8,14,17H,9-13,15H2,1-3H3,(H,23,29)(H,25,30). The predicted octanol–water partition coefficient (Wildman–Crippen LogP) is 1.62. The molecule has 2 aromatic rings. The lowest BCUT2D eigenvalue weighted by molar-refractivity contribution is 0.0935. The number of amides is 3. The topological polar surface area (TPSA) is 99.7 Å². The van der Waals surface area contributed by atoms with Crippen LogP contribution in [0, 0.1) is 0 Å². The molecule has 0 bridgehead atoms. The third kappa shape index (κ3) is 5.91. The van der Waals surface area contributed by atoms with Gasteiger partial charge in [-0.15, -0.1) is 0 Å². The van der Waals surface area contributed by atoms with Gasteiger partial charge >= 0.3 is 6.03 Å². The highest BCUT2D eigenvalue weighted by Crippen LogP contribution is 2.29. The summed E-state index contributed by atoms with van der Waals surface area (Å²) in [5.41, 5.74) is 2.17. The second kappa shape index (κ2) is 10.7. The van der Waals surface area contributed by atoms with Gasteiger partial charge in [-0.2, -0.15) is 0 Å². The zero-order chi connectivity index (χ0) is 22.2. The van der Waals surface area contributed by atoms with E-state index in [2.05, 4.69) is 20.6 Å². The van der Waals surface area contributed by atoms with E-state index in [1.165, 1.54) is 0 Å². The molecule has 1 aliphatic rings. The second-order valence-corrected chi connectivity index (χ2v) is 7.69. The number of rotatable bonds is 8. The largest absolute Gasteiger partial charge is 0.383 e. The number of urea groups is 1. The molecule has 1 unspecified atom stereocenters. The number of methoxy groups -OCH3 is 1. The Balaban J connectivity index is 1.70. The molecule has 9 nitrogen and oxygen atoms in total. The Bertz CT molecular complexity index is 890. The van der Waals surface area contributed by atoms with Gasteiger partial charge in [0.05, 0.1) is 17.9 Å². The van der Waals surface area contributed by atoms with Crippen molar-refractivity contribution in [1.82, 2.24) is 25.5 Å². The van der Waals surface area contributed by atoms with Crippen LogP contribution in [0.4, 0.5) is 10.7 Å². The van der Waals surface area contributed by atoms with Crippen LogP contribution in [0.15, 0.2) is 36.5 Å². The van der Waals surface area contributed by atoms with Gasteiger partial charge in [0.15, 0.2) is 0 Å². The van der Waals surface area contributed by atoms with Crippen LogP contribution in [0.1, 0.15) is 34.0 Å². The molecule has 2 N–H and O–H groups in total. The molecule has 0 saturated carbocycles. The number of nitrogens with zero attached hydrogens (tertiary/aromatic N) is 4. The zero-order valence-corrected chi connectivity index (χ0v) is 18.3. The van der Waals surface area contributed by atoms with Crippen molar-refractivity contribution in [3.8, 4) is 0 Å². The quantitative estimate of drug-likeness (QED) is 0.623. The number of ether oxygens (including phenoxy) is 1. The van der Waals surface area contributed by atoms with Crippen molar-refractivity contribution >= 4 is 17.9 Å². The molecule has 2 heterocycles. The number of benzene rings is 1. The predicted molar refractivity (Wildman–Crippen MR) is 118 cm³/mol. The summed E-state index contributed by atoms with van der Waals surface area (Å²) in [6.45, 7) is 2.42. The Labute approximate surface area is 182 Å². The van der Waals surface area contributed by atoms with E-state index >= 15 is 0 Å². The lowest BCUT2D eigenvalue weighted by Gasteiger charge is -2.19. The summed E-state index contributed by atoms with van der Waals surface area (Å²) in [6.07, 6.45) is 2.30. The molecule has 1 atom stereocenters. The van der Waals surface area contributed by atoms with Gasteiger partial charge in [-0.3, -0.25) is 4.79 Å². The minimum atomic E-state index is -0.232. The summed E-state index contributed by atoms with van der Waals surface area (Å²) in [5, 5.41) is 5.80. The molecule has 1 fully saturated rings. The number of likely N-dealkylation sites (tertiary alicyclic amines) is 1. The fourth-order valence-electron chi connectivity index (χ4n) is 3.50. The molecule has 1 aromatic heterocycles. The molecule has 0 aliphatic carbocycles. The fraction of sp³-hybridized carbons (Fsp3) is 0.455. The molecule has 0 radical (unpaired) electrons. The molecule has 3 amide bonds. The Kier molecular flexibility index (Phi) is 7.77. The van der Waals surface area contributed by atoms with Crippen molar-refractivity contribution in [3.05, 3.63) is 53.3 Å². The highest BCUT2D eigenvalue weighted by atomic mass is 16.5. The van der Waals surface area contributed by atoms with Gasteiger partial charge in [0, 0.05) is 59.5 Å². The highest BCUT2D eigenvalue weighted by Gasteiger charge is 2.31. The van der Waals surface area contributed by atoms with Gasteiger partial charge in [-0.05, 0) is 12.0 Å². The van der Waals surface area contributed by atoms with E-state index in [0.29, 0.717) is 50.0 Å². The lowest BCUT2D eigenvalue weighted by Crippen LogP contribution is -2.38. The van der Waals surface area contributed by atoms with Crippen molar-refractivity contribution in [2.24, 2.45) is 0 Å². The summed E-state index contributed by atoms with van der Waals surface area (Å²) >= 11 is 0. The lowest BCUT2D eigenvalue weighted by atomic mass is 10.00. The fourth-order valence-corrected chi connectivity index (χ4v) is 3.50. The van der Waals surface area contributed by atoms with Crippen LogP contribution in [0.3, 0.4) is 0 Å². The highest BCUT2D eigenvalue weighted by molar-refractivity contribution is 5.95. The molecule has 31 heavy (non-hydrogen) atoms. The smallest absolute Gasteiger partial charge is 0.317 e. The average Bonchev–Trinajstić information content (AvgIpc) is 3.28. The number of hydrogen-bond donors (Lipinski definition) is 2. The molecule has 1 saturated heterocycles. The number of nitrogens with one attached hydrogen (secondary N) is 2. The maximum atomic E-state index is 12.7. The van der Waals surface area contributed by atoms with Crippen molar-refractivity contribution in [3.63, 3.8) is 0 Å². The van der Waals surface area contributed by atoms with Crippen molar-refractivity contribution < 1.29 is 14.3 Å². The minimum Gasteiger partial charge on any atom is -0.383 e. The summed E-state index contributed by atoms with van der Waals surface area (Å²) in [4.78, 5) is 37.9. The van der Waals surface area contributed by atoms with E-state index in [-0.39, 0.29) is 17.9 Å². The Morgan fingerprint density at radius 3 is 2.71 bits per heavy atom. The molecular formula is C22H30N6O3. The third-order valence-electron chi connectivity index (χ3n) is 5.19. The van der Waals surface area contributed by atoms with Crippen LogP contribution in [0.25, 0.3) is 0 Å². The van der Waals surface area contributed by atoms with Gasteiger partial charge in [0.1, 0.15) is 0 Å². The second-order valence-electron chi connectivity index (χ2n) is 7.69. The zero-order valence-electron chi connectivity index (χ0n) is 18.3. The first-order valence-electron chi connectivity index (χ1n) is 10.4. The summed E-state index contributed by atoms with van der Waals surface area (Å²) in [7, 11) is 5.30. The molecule has 1 aliphatic heterocycles. The van der Waals surface area contributed by atoms with Crippen LogP contribution in [-0.2, 0) is 11.3 Å². The Morgan fingerprint density at radius 2 is 2.00 bits per heavy atom. The molecule has 9 heteroatoms. The first-order chi connectivity index (χ1) is 15.0. The first-order valence-corrected chi connectivity index (χ1v) is 10.4.